The monoisotopic (exact) mass is 357 g/mol. The molecule has 0 radical (unpaired) electrons. The first-order valence-electron chi connectivity index (χ1n) is 7.53. The van der Waals surface area contributed by atoms with Crippen LogP contribution in [0.3, 0.4) is 0 Å². The second-order valence-electron chi connectivity index (χ2n) is 5.81. The van der Waals surface area contributed by atoms with Gasteiger partial charge in [0.2, 0.25) is 5.91 Å². The van der Waals surface area contributed by atoms with E-state index in [9.17, 15) is 14.9 Å². The average Bonchev–Trinajstić information content (AvgIpc) is 2.84. The number of non-ortho nitro benzene ring substituents is 1. The van der Waals surface area contributed by atoms with Crippen molar-refractivity contribution in [2.75, 3.05) is 18.8 Å². The molecule has 8 heteroatoms. The maximum atomic E-state index is 12.3. The molecule has 0 aliphatic carbocycles. The van der Waals surface area contributed by atoms with Crippen LogP contribution in [0.25, 0.3) is 0 Å². The van der Waals surface area contributed by atoms with E-state index in [2.05, 4.69) is 5.32 Å². The van der Waals surface area contributed by atoms with Crippen molar-refractivity contribution in [1.29, 1.82) is 0 Å². The molecule has 0 saturated carbocycles. The molecule has 2 heterocycles. The Labute approximate surface area is 145 Å². The number of amides is 1. The number of thioether (sulfide) groups is 1. The number of hydrogen-bond acceptors (Lipinski definition) is 5. The summed E-state index contributed by atoms with van der Waals surface area (Å²) in [7, 11) is 0. The zero-order valence-electron chi connectivity index (χ0n) is 12.6. The van der Waals surface area contributed by atoms with E-state index in [1.54, 1.807) is 12.1 Å². The van der Waals surface area contributed by atoms with Crippen LogP contribution in [0.5, 0.6) is 0 Å². The Kier molecular flexibility index (Phi) is 6.26. The molecule has 2 saturated heterocycles. The highest BCUT2D eigenvalue weighted by atomic mass is 35.5. The number of nitro benzene ring substituents is 1. The zero-order valence-corrected chi connectivity index (χ0v) is 14.3. The van der Waals surface area contributed by atoms with E-state index >= 15 is 0 Å². The third-order valence-corrected chi connectivity index (χ3v) is 5.28. The van der Waals surface area contributed by atoms with Crippen LogP contribution in [-0.4, -0.2) is 46.7 Å². The fourth-order valence-electron chi connectivity index (χ4n) is 3.07. The van der Waals surface area contributed by atoms with Gasteiger partial charge in [0.25, 0.3) is 5.69 Å². The lowest BCUT2D eigenvalue weighted by Crippen LogP contribution is -2.39. The number of nitrogens with zero attached hydrogens (tertiary/aromatic N) is 2. The van der Waals surface area contributed by atoms with E-state index < -0.39 is 4.92 Å². The molecule has 2 unspecified atom stereocenters. The van der Waals surface area contributed by atoms with Crippen LogP contribution in [0.2, 0.25) is 0 Å². The molecular formula is C15H20ClN3O3S. The Morgan fingerprint density at radius 3 is 2.65 bits per heavy atom. The van der Waals surface area contributed by atoms with Gasteiger partial charge in [-0.3, -0.25) is 14.9 Å². The van der Waals surface area contributed by atoms with E-state index in [1.807, 2.05) is 4.90 Å². The molecule has 1 amide bonds. The first kappa shape index (κ1) is 18.0. The zero-order chi connectivity index (χ0) is 15.5. The summed E-state index contributed by atoms with van der Waals surface area (Å²) < 4.78 is 0. The predicted octanol–water partition coefficient (Wildman–Crippen LogP) is 2.46. The van der Waals surface area contributed by atoms with Gasteiger partial charge in [-0.1, -0.05) is 0 Å². The van der Waals surface area contributed by atoms with Crippen molar-refractivity contribution in [2.24, 2.45) is 0 Å². The molecule has 2 aliphatic heterocycles. The summed E-state index contributed by atoms with van der Waals surface area (Å²) in [6.07, 6.45) is 3.42. The minimum atomic E-state index is -0.418. The number of fused-ring (bicyclic) bond motifs is 2. The first-order chi connectivity index (χ1) is 10.6. The standard InChI is InChI=1S/C15H19N3O3S.ClH/c19-15(17-8-7-11-1-2-12(9-17)16-11)10-22-14-5-3-13(4-6-14)18(20)21;/h3-6,11-12,16H,1-2,7-10H2;1H. The molecule has 1 aromatic rings. The number of likely N-dealkylation sites (tertiary alicyclic amines) is 1. The Morgan fingerprint density at radius 1 is 1.26 bits per heavy atom. The topological polar surface area (TPSA) is 75.5 Å². The second kappa shape index (κ2) is 7.99. The van der Waals surface area contributed by atoms with Crippen LogP contribution in [0.1, 0.15) is 19.3 Å². The molecular weight excluding hydrogens is 338 g/mol. The smallest absolute Gasteiger partial charge is 0.269 e. The highest BCUT2D eigenvalue weighted by Gasteiger charge is 2.30. The highest BCUT2D eigenvalue weighted by molar-refractivity contribution is 8.00. The van der Waals surface area contributed by atoms with Gasteiger partial charge in [-0.25, -0.2) is 0 Å². The normalized spacial score (nSPS) is 23.0. The Morgan fingerprint density at radius 2 is 1.96 bits per heavy atom. The van der Waals surface area contributed by atoms with Gasteiger partial charge in [0.15, 0.2) is 0 Å². The van der Waals surface area contributed by atoms with Gasteiger partial charge in [-0.05, 0) is 31.4 Å². The van der Waals surface area contributed by atoms with Crippen LogP contribution < -0.4 is 5.32 Å². The summed E-state index contributed by atoms with van der Waals surface area (Å²) in [5.74, 6) is 0.535. The van der Waals surface area contributed by atoms with E-state index in [4.69, 9.17) is 0 Å². The largest absolute Gasteiger partial charge is 0.340 e. The number of nitro groups is 1. The maximum Gasteiger partial charge on any atom is 0.269 e. The molecule has 1 N–H and O–H groups in total. The van der Waals surface area contributed by atoms with E-state index in [0.717, 1.165) is 30.8 Å². The summed E-state index contributed by atoms with van der Waals surface area (Å²) in [5.41, 5.74) is 0.0743. The van der Waals surface area contributed by atoms with Gasteiger partial charge in [0.05, 0.1) is 10.7 Å². The molecule has 2 fully saturated rings. The van der Waals surface area contributed by atoms with Crippen LogP contribution in [0.15, 0.2) is 29.2 Å². The molecule has 6 nitrogen and oxygen atoms in total. The lowest BCUT2D eigenvalue weighted by molar-refractivity contribution is -0.384. The van der Waals surface area contributed by atoms with Gasteiger partial charge >= 0.3 is 0 Å². The quantitative estimate of drug-likeness (QED) is 0.509. The maximum absolute atomic E-state index is 12.3. The predicted molar refractivity (Wildman–Crippen MR) is 92.2 cm³/mol. The van der Waals surface area contributed by atoms with Gasteiger partial charge in [-0.15, -0.1) is 24.2 Å². The minimum absolute atomic E-state index is 0. The third-order valence-electron chi connectivity index (χ3n) is 4.29. The minimum Gasteiger partial charge on any atom is -0.340 e. The van der Waals surface area contributed by atoms with Gasteiger partial charge < -0.3 is 10.2 Å². The highest BCUT2D eigenvalue weighted by Crippen LogP contribution is 2.24. The Bertz CT molecular complexity index is 570. The summed E-state index contributed by atoms with van der Waals surface area (Å²) in [6.45, 7) is 1.63. The van der Waals surface area contributed by atoms with Crippen molar-refractivity contribution in [3.05, 3.63) is 34.4 Å². The fourth-order valence-corrected chi connectivity index (χ4v) is 3.87. The van der Waals surface area contributed by atoms with Gasteiger partial charge in [-0.2, -0.15) is 0 Å². The summed E-state index contributed by atoms with van der Waals surface area (Å²) in [5, 5.41) is 14.2. The van der Waals surface area contributed by atoms with Crippen LogP contribution in [0.4, 0.5) is 5.69 Å². The Balaban J connectivity index is 0.00000192. The van der Waals surface area contributed by atoms with Crippen molar-refractivity contribution >= 4 is 35.8 Å². The SMILES string of the molecule is Cl.O=C(CSc1ccc([N+](=O)[O-])cc1)N1CCC2CCC(C1)N2. The van der Waals surface area contributed by atoms with Crippen molar-refractivity contribution in [1.82, 2.24) is 10.2 Å². The van der Waals surface area contributed by atoms with E-state index in [1.165, 1.54) is 30.3 Å². The van der Waals surface area contributed by atoms with Gasteiger partial charge in [0, 0.05) is 42.2 Å². The molecule has 1 aromatic carbocycles. The van der Waals surface area contributed by atoms with Crippen LogP contribution in [0, 0.1) is 10.1 Å². The number of rotatable bonds is 4. The molecule has 2 atom stereocenters. The molecule has 3 rings (SSSR count). The average molecular weight is 358 g/mol. The third kappa shape index (κ3) is 4.59. The number of carbonyl (C=O) groups is 1. The number of hydrogen-bond donors (Lipinski definition) is 1. The lowest BCUT2D eigenvalue weighted by Gasteiger charge is -2.24. The second-order valence-corrected chi connectivity index (χ2v) is 6.85. The van der Waals surface area contributed by atoms with Crippen molar-refractivity contribution in [3.8, 4) is 0 Å². The molecule has 2 aliphatic rings. The summed E-state index contributed by atoms with van der Waals surface area (Å²) >= 11 is 1.44. The number of benzene rings is 1. The van der Waals surface area contributed by atoms with Gasteiger partial charge in [0.1, 0.15) is 0 Å². The molecule has 23 heavy (non-hydrogen) atoms. The van der Waals surface area contributed by atoms with E-state index in [-0.39, 0.29) is 24.0 Å². The number of carbonyl (C=O) groups excluding carboxylic acids is 1. The number of nitrogens with one attached hydrogen (secondary N) is 1. The summed E-state index contributed by atoms with van der Waals surface area (Å²) in [4.78, 5) is 25.4. The number of halogens is 1. The van der Waals surface area contributed by atoms with Crippen molar-refractivity contribution < 1.29 is 9.72 Å². The van der Waals surface area contributed by atoms with E-state index in [0.29, 0.717) is 17.8 Å². The summed E-state index contributed by atoms with van der Waals surface area (Å²) in [6, 6.07) is 7.36. The Hall–Kier alpha value is -1.31. The van der Waals surface area contributed by atoms with Crippen LogP contribution >= 0.6 is 24.2 Å². The van der Waals surface area contributed by atoms with Crippen molar-refractivity contribution in [2.45, 2.75) is 36.2 Å². The molecule has 0 spiro atoms. The molecule has 126 valence electrons. The fraction of sp³-hybridized carbons (Fsp3) is 0.533. The first-order valence-corrected chi connectivity index (χ1v) is 8.51. The van der Waals surface area contributed by atoms with Crippen molar-refractivity contribution in [3.63, 3.8) is 0 Å². The molecule has 0 aromatic heterocycles. The molecule has 2 bridgehead atoms. The van der Waals surface area contributed by atoms with Crippen LogP contribution in [-0.2, 0) is 4.79 Å². The lowest BCUT2D eigenvalue weighted by atomic mass is 10.1.